The van der Waals surface area contributed by atoms with E-state index in [4.69, 9.17) is 9.47 Å². The average molecular weight is 697 g/mol. The molecule has 0 spiro atoms. The van der Waals surface area contributed by atoms with Crippen LogP contribution in [0.2, 0.25) is 0 Å². The van der Waals surface area contributed by atoms with Gasteiger partial charge in [-0.15, -0.1) is 0 Å². The maximum Gasteiger partial charge on any atom is 0.155 e. The highest BCUT2D eigenvalue weighted by molar-refractivity contribution is 5.95. The predicted molar refractivity (Wildman–Crippen MR) is 201 cm³/mol. The Balaban J connectivity index is 0. The minimum atomic E-state index is -0.472. The van der Waals surface area contributed by atoms with Crippen molar-refractivity contribution in [1.29, 1.82) is 0 Å². The van der Waals surface area contributed by atoms with Crippen molar-refractivity contribution >= 4 is 28.9 Å². The van der Waals surface area contributed by atoms with Crippen LogP contribution in [0.15, 0.2) is 0 Å². The number of hydrogen-bond donors (Lipinski definition) is 2. The van der Waals surface area contributed by atoms with Gasteiger partial charge in [-0.25, -0.2) is 0 Å². The van der Waals surface area contributed by atoms with Crippen LogP contribution in [0.3, 0.4) is 0 Å². The van der Waals surface area contributed by atoms with Crippen LogP contribution >= 0.6 is 0 Å². The Morgan fingerprint density at radius 3 is 1.18 bits per heavy atom. The third kappa shape index (κ3) is 24.9. The lowest BCUT2D eigenvalue weighted by atomic mass is 9.80. The summed E-state index contributed by atoms with van der Waals surface area (Å²) in [6.45, 7) is 36.5. The van der Waals surface area contributed by atoms with Gasteiger partial charge in [0.05, 0.1) is 31.9 Å². The van der Waals surface area contributed by atoms with Gasteiger partial charge >= 0.3 is 0 Å². The van der Waals surface area contributed by atoms with Crippen LogP contribution in [0, 0.1) is 21.7 Å². The highest BCUT2D eigenvalue weighted by Gasteiger charge is 2.35. The maximum atomic E-state index is 12.7. The molecule has 0 aromatic rings. The summed E-state index contributed by atoms with van der Waals surface area (Å²) in [5.41, 5.74) is -2.08. The minimum absolute atomic E-state index is 0.0445. The van der Waals surface area contributed by atoms with Crippen LogP contribution in [0.4, 0.5) is 0 Å². The molecule has 0 aromatic heterocycles. The molecule has 288 valence electrons. The predicted octanol–water partition coefficient (Wildman–Crippen LogP) is 7.50. The quantitative estimate of drug-likeness (QED) is 0.140. The molecular weight excluding hydrogens is 620 g/mol. The fourth-order valence-corrected chi connectivity index (χ4v) is 4.39. The zero-order valence-corrected chi connectivity index (χ0v) is 34.9. The molecule has 9 nitrogen and oxygen atoms in total. The zero-order valence-electron chi connectivity index (χ0n) is 34.9. The summed E-state index contributed by atoms with van der Waals surface area (Å²) in [6, 6.07) is -0.882. The molecule has 2 N–H and O–H groups in total. The first kappa shape index (κ1) is 49.3. The fourth-order valence-electron chi connectivity index (χ4n) is 4.39. The van der Waals surface area contributed by atoms with E-state index in [-0.39, 0.29) is 58.3 Å². The van der Waals surface area contributed by atoms with Crippen molar-refractivity contribution in [3.8, 4) is 0 Å². The third-order valence-electron chi connectivity index (χ3n) is 7.50. The van der Waals surface area contributed by atoms with Gasteiger partial charge in [0.25, 0.3) is 0 Å². The topological polar surface area (TPSA) is 128 Å². The number of ketones is 5. The fraction of sp³-hybridized carbons (Fsp3) is 0.875. The Bertz CT molecular complexity index is 1050. The molecule has 0 aliphatic carbocycles. The third-order valence-corrected chi connectivity index (χ3v) is 7.50. The van der Waals surface area contributed by atoms with Crippen molar-refractivity contribution in [1.82, 2.24) is 10.6 Å². The highest BCUT2D eigenvalue weighted by atomic mass is 16.5. The molecule has 49 heavy (non-hydrogen) atoms. The summed E-state index contributed by atoms with van der Waals surface area (Å²) in [4.78, 5) is 61.6. The molecule has 0 aliphatic heterocycles. The second kappa shape index (κ2) is 20.3. The number of Topliss-reactive ketones (excluding diaryl/α,β-unsaturated/α-hetero) is 5. The van der Waals surface area contributed by atoms with Crippen LogP contribution in [0.5, 0.6) is 0 Å². The molecule has 0 saturated heterocycles. The molecule has 0 rings (SSSR count). The number of ether oxygens (including phenoxy) is 2. The van der Waals surface area contributed by atoms with Gasteiger partial charge in [0.1, 0.15) is 23.1 Å². The van der Waals surface area contributed by atoms with Crippen molar-refractivity contribution in [2.75, 3.05) is 26.4 Å². The van der Waals surface area contributed by atoms with Crippen molar-refractivity contribution in [2.24, 2.45) is 21.7 Å². The van der Waals surface area contributed by atoms with Gasteiger partial charge in [-0.05, 0) is 48.0 Å². The van der Waals surface area contributed by atoms with Gasteiger partial charge < -0.3 is 20.1 Å². The first-order valence-electron chi connectivity index (χ1n) is 18.1. The lowest BCUT2D eigenvalue weighted by Crippen LogP contribution is -2.52. The second-order valence-electron chi connectivity index (χ2n) is 19.5. The van der Waals surface area contributed by atoms with Crippen LogP contribution in [0.1, 0.15) is 157 Å². The molecule has 0 bridgehead atoms. The van der Waals surface area contributed by atoms with Gasteiger partial charge in [-0.1, -0.05) is 83.1 Å². The Morgan fingerprint density at radius 1 is 0.449 bits per heavy atom. The lowest BCUT2D eigenvalue weighted by molar-refractivity contribution is -0.134. The van der Waals surface area contributed by atoms with E-state index in [2.05, 4.69) is 10.6 Å². The van der Waals surface area contributed by atoms with E-state index in [1.807, 2.05) is 125 Å². The Hall–Kier alpha value is -1.81. The Kier molecular flexibility index (Phi) is 20.4. The van der Waals surface area contributed by atoms with Gasteiger partial charge in [0, 0.05) is 65.0 Å². The number of hydrogen-bond acceptors (Lipinski definition) is 9. The molecule has 0 aliphatic rings. The molecule has 0 aromatic carbocycles. The van der Waals surface area contributed by atoms with Crippen LogP contribution in [-0.2, 0) is 33.4 Å². The van der Waals surface area contributed by atoms with Crippen molar-refractivity contribution in [2.45, 2.75) is 180 Å². The molecule has 0 radical (unpaired) electrons. The van der Waals surface area contributed by atoms with Crippen LogP contribution in [0.25, 0.3) is 0 Å². The lowest BCUT2D eigenvalue weighted by Gasteiger charge is -2.32. The van der Waals surface area contributed by atoms with Crippen molar-refractivity contribution in [3.05, 3.63) is 0 Å². The van der Waals surface area contributed by atoms with Crippen molar-refractivity contribution in [3.63, 3.8) is 0 Å². The van der Waals surface area contributed by atoms with Gasteiger partial charge in [-0.2, -0.15) is 0 Å². The molecule has 0 amide bonds. The number of nitrogens with one attached hydrogen (secondary N) is 2. The number of carbonyl (C=O) groups is 5. The van der Waals surface area contributed by atoms with Gasteiger partial charge in [0.2, 0.25) is 0 Å². The van der Waals surface area contributed by atoms with Crippen molar-refractivity contribution < 1.29 is 33.4 Å². The SMILES string of the molecule is CC(C)(C)NC(CC(=O)C(C)(C)C)C(=O)C(C)(C)C.CC(C)(C)NC(CC(=O)C(C)(C)C)C(=O)CCCOCCOCCC(=O)C(C)(C)C. The molecule has 2 unspecified atom stereocenters. The van der Waals surface area contributed by atoms with Crippen LogP contribution < -0.4 is 10.6 Å². The highest BCUT2D eigenvalue weighted by Crippen LogP contribution is 2.24. The molecule has 0 fully saturated rings. The summed E-state index contributed by atoms with van der Waals surface area (Å²) in [6.07, 6.45) is 1.85. The number of carbonyl (C=O) groups excluding carboxylic acids is 5. The molecule has 0 saturated carbocycles. The normalized spacial score (nSPS) is 14.4. The Morgan fingerprint density at radius 2 is 0.816 bits per heavy atom. The summed E-state index contributed by atoms with van der Waals surface area (Å²) in [5, 5.41) is 6.59. The summed E-state index contributed by atoms with van der Waals surface area (Å²) in [7, 11) is 0. The van der Waals surface area contributed by atoms with Gasteiger partial charge in [0.15, 0.2) is 5.78 Å². The largest absolute Gasteiger partial charge is 0.379 e. The van der Waals surface area contributed by atoms with E-state index >= 15 is 0 Å². The monoisotopic (exact) mass is 697 g/mol. The van der Waals surface area contributed by atoms with E-state index in [0.29, 0.717) is 45.7 Å². The first-order chi connectivity index (χ1) is 21.7. The smallest absolute Gasteiger partial charge is 0.155 e. The van der Waals surface area contributed by atoms with E-state index < -0.39 is 28.3 Å². The van der Waals surface area contributed by atoms with E-state index in [1.54, 1.807) is 0 Å². The molecular formula is C40H76N2O7. The molecule has 9 heteroatoms. The first-order valence-corrected chi connectivity index (χ1v) is 18.1. The Labute approximate surface area is 300 Å². The van der Waals surface area contributed by atoms with Gasteiger partial charge in [-0.3, -0.25) is 24.0 Å². The maximum absolute atomic E-state index is 12.7. The molecule has 2 atom stereocenters. The standard InChI is InChI=1S/C24H45NO5.C16H31NO2/c1-22(2,3)20(27)12-14-30-16-15-29-13-10-11-19(26)18(25-24(7,8)9)17-21(28)23(4,5)6;1-14(2,3)12(18)10-11(17-16(7,8)9)13(19)15(4,5)6/h18,25H,10-17H2,1-9H3;11,17H,10H2,1-9H3. The van der Waals surface area contributed by atoms with E-state index in [1.165, 1.54) is 0 Å². The van der Waals surface area contributed by atoms with Crippen LogP contribution in [-0.4, -0.2) is 78.5 Å². The average Bonchev–Trinajstić information content (AvgIpc) is 2.87. The summed E-state index contributed by atoms with van der Waals surface area (Å²) in [5.74, 6) is 0.524. The summed E-state index contributed by atoms with van der Waals surface area (Å²) < 4.78 is 11.0. The summed E-state index contributed by atoms with van der Waals surface area (Å²) >= 11 is 0. The van der Waals surface area contributed by atoms with E-state index in [0.717, 1.165) is 0 Å². The second-order valence-corrected chi connectivity index (χ2v) is 19.5. The molecule has 0 heterocycles. The minimum Gasteiger partial charge on any atom is -0.379 e. The number of rotatable bonds is 18. The van der Waals surface area contributed by atoms with E-state index in [9.17, 15) is 24.0 Å². The zero-order chi connectivity index (χ0) is 39.2.